The molecule has 3 N–H and O–H groups in total. The highest BCUT2D eigenvalue weighted by Gasteiger charge is 2.16. The molecule has 2 rings (SSSR count). The van der Waals surface area contributed by atoms with Gasteiger partial charge in [0.2, 0.25) is 0 Å². The Balaban J connectivity index is 2.37. The summed E-state index contributed by atoms with van der Waals surface area (Å²) in [7, 11) is 0. The number of rotatable bonds is 10. The van der Waals surface area contributed by atoms with Crippen molar-refractivity contribution in [2.75, 3.05) is 26.4 Å². The van der Waals surface area contributed by atoms with E-state index in [2.05, 4.69) is 10.6 Å². The fourth-order valence-electron chi connectivity index (χ4n) is 2.76. The molecule has 0 aromatic heterocycles. The van der Waals surface area contributed by atoms with Gasteiger partial charge in [0.25, 0.3) is 11.8 Å². The van der Waals surface area contributed by atoms with Gasteiger partial charge in [0.15, 0.2) is 11.5 Å². The number of ether oxygens (including phenoxy) is 2. The van der Waals surface area contributed by atoms with Crippen LogP contribution in [0.3, 0.4) is 0 Å². The van der Waals surface area contributed by atoms with E-state index < -0.39 is 11.8 Å². The zero-order valence-corrected chi connectivity index (χ0v) is 17.5. The number of aryl methyl sites for hydroxylation is 1. The summed E-state index contributed by atoms with van der Waals surface area (Å²) in [6.07, 6.45) is 1.56. The van der Waals surface area contributed by atoms with Crippen molar-refractivity contribution in [1.82, 2.24) is 10.6 Å². The van der Waals surface area contributed by atoms with Crippen LogP contribution >= 0.6 is 0 Å². The molecule has 0 heterocycles. The summed E-state index contributed by atoms with van der Waals surface area (Å²) >= 11 is 0. The number of amides is 2. The number of carbonyl (C=O) groups is 2. The van der Waals surface area contributed by atoms with Gasteiger partial charge in [-0.2, -0.15) is 0 Å². The highest BCUT2D eigenvalue weighted by atomic mass is 16.5. The maximum absolute atomic E-state index is 12.7. The summed E-state index contributed by atoms with van der Waals surface area (Å²) in [5.74, 6) is 0.257. The van der Waals surface area contributed by atoms with Crippen molar-refractivity contribution in [1.29, 1.82) is 0 Å². The molecule has 30 heavy (non-hydrogen) atoms. The number of benzene rings is 2. The van der Waals surface area contributed by atoms with Gasteiger partial charge in [0.05, 0.1) is 19.8 Å². The topological polar surface area (TPSA) is 96.9 Å². The third-order valence-electron chi connectivity index (χ3n) is 4.16. The van der Waals surface area contributed by atoms with Gasteiger partial charge in [0, 0.05) is 12.1 Å². The first kappa shape index (κ1) is 23.0. The summed E-state index contributed by atoms with van der Waals surface area (Å²) in [6.45, 7) is 6.40. The number of hydrogen-bond donors (Lipinski definition) is 3. The molecule has 0 bridgehead atoms. The molecule has 2 aromatic rings. The number of hydrogen-bond acceptors (Lipinski definition) is 5. The second-order valence-corrected chi connectivity index (χ2v) is 6.38. The molecule has 0 aliphatic rings. The lowest BCUT2D eigenvalue weighted by atomic mass is 10.1. The van der Waals surface area contributed by atoms with Crippen molar-refractivity contribution in [3.8, 4) is 11.5 Å². The molecule has 0 aliphatic carbocycles. The van der Waals surface area contributed by atoms with Crippen LogP contribution in [0.4, 0.5) is 0 Å². The fourth-order valence-corrected chi connectivity index (χ4v) is 2.76. The van der Waals surface area contributed by atoms with E-state index in [9.17, 15) is 9.59 Å². The van der Waals surface area contributed by atoms with Gasteiger partial charge in [-0.3, -0.25) is 9.59 Å². The van der Waals surface area contributed by atoms with Gasteiger partial charge in [-0.1, -0.05) is 24.3 Å². The Hall–Kier alpha value is -3.32. The van der Waals surface area contributed by atoms with Gasteiger partial charge in [-0.15, -0.1) is 0 Å². The second kappa shape index (κ2) is 11.6. The Labute approximate surface area is 176 Å². The third kappa shape index (κ3) is 6.35. The Bertz CT molecular complexity index is 908. The van der Waals surface area contributed by atoms with Crippen LogP contribution in [0.25, 0.3) is 6.08 Å². The lowest BCUT2D eigenvalue weighted by Crippen LogP contribution is -2.36. The van der Waals surface area contributed by atoms with Gasteiger partial charge in [0.1, 0.15) is 5.70 Å². The van der Waals surface area contributed by atoms with Gasteiger partial charge in [-0.25, -0.2) is 0 Å². The van der Waals surface area contributed by atoms with Crippen LogP contribution in [0.15, 0.2) is 48.2 Å². The van der Waals surface area contributed by atoms with Crippen LogP contribution in [0.5, 0.6) is 11.5 Å². The number of nitrogens with one attached hydrogen (secondary N) is 2. The molecule has 0 fully saturated rings. The van der Waals surface area contributed by atoms with Crippen molar-refractivity contribution < 1.29 is 24.2 Å². The average Bonchev–Trinajstić information content (AvgIpc) is 2.74. The zero-order chi connectivity index (χ0) is 21.9. The predicted molar refractivity (Wildman–Crippen MR) is 115 cm³/mol. The Kier molecular flexibility index (Phi) is 8.90. The van der Waals surface area contributed by atoms with Crippen molar-refractivity contribution in [2.45, 2.75) is 20.8 Å². The monoisotopic (exact) mass is 412 g/mol. The average molecular weight is 412 g/mol. The van der Waals surface area contributed by atoms with Crippen molar-refractivity contribution in [3.63, 3.8) is 0 Å². The molecule has 0 unspecified atom stereocenters. The minimum absolute atomic E-state index is 0.0586. The lowest BCUT2D eigenvalue weighted by Gasteiger charge is -2.13. The molecular formula is C23H28N2O5. The van der Waals surface area contributed by atoms with Crippen LogP contribution in [-0.4, -0.2) is 43.3 Å². The number of carbonyl (C=O) groups excluding carboxylic acids is 2. The number of aliphatic hydroxyl groups is 1. The molecule has 0 atom stereocenters. The summed E-state index contributed by atoms with van der Waals surface area (Å²) in [4.78, 5) is 25.3. The zero-order valence-electron chi connectivity index (χ0n) is 17.5. The predicted octanol–water partition coefficient (Wildman–Crippen LogP) is 2.67. The molecule has 0 saturated heterocycles. The van der Waals surface area contributed by atoms with E-state index in [1.165, 1.54) is 0 Å². The van der Waals surface area contributed by atoms with E-state index >= 15 is 0 Å². The first-order valence-electron chi connectivity index (χ1n) is 9.87. The van der Waals surface area contributed by atoms with Crippen molar-refractivity contribution >= 4 is 17.9 Å². The van der Waals surface area contributed by atoms with Crippen LogP contribution in [0.2, 0.25) is 0 Å². The lowest BCUT2D eigenvalue weighted by molar-refractivity contribution is -0.117. The van der Waals surface area contributed by atoms with E-state index in [1.807, 2.05) is 32.9 Å². The minimum atomic E-state index is -0.502. The highest BCUT2D eigenvalue weighted by molar-refractivity contribution is 6.05. The number of aliphatic hydroxyl groups excluding tert-OH is 1. The molecule has 160 valence electrons. The molecule has 0 radical (unpaired) electrons. The Morgan fingerprint density at radius 1 is 1.03 bits per heavy atom. The van der Waals surface area contributed by atoms with E-state index in [1.54, 1.807) is 36.4 Å². The molecular weight excluding hydrogens is 384 g/mol. The quantitative estimate of drug-likeness (QED) is 0.522. The Morgan fingerprint density at radius 2 is 1.73 bits per heavy atom. The highest BCUT2D eigenvalue weighted by Crippen LogP contribution is 2.29. The molecule has 0 spiro atoms. The SMILES string of the molecule is CCOc1ccc(/C=C(/NC(=O)c2ccccc2C)C(=O)NCCO)cc1OCC. The molecule has 7 nitrogen and oxygen atoms in total. The van der Waals surface area contributed by atoms with E-state index in [4.69, 9.17) is 14.6 Å². The summed E-state index contributed by atoms with van der Waals surface area (Å²) in [5.41, 5.74) is 1.98. The fraction of sp³-hybridized carbons (Fsp3) is 0.304. The summed E-state index contributed by atoms with van der Waals surface area (Å²) in [6, 6.07) is 12.4. The summed E-state index contributed by atoms with van der Waals surface area (Å²) < 4.78 is 11.2. The Morgan fingerprint density at radius 3 is 2.40 bits per heavy atom. The van der Waals surface area contributed by atoms with Crippen molar-refractivity contribution in [3.05, 3.63) is 64.9 Å². The standard InChI is InChI=1S/C23H28N2O5/c1-4-29-20-11-10-17(15-21(20)30-5-2)14-19(23(28)24-12-13-26)25-22(27)18-9-7-6-8-16(18)3/h6-11,14-15,26H,4-5,12-13H2,1-3H3,(H,24,28)(H,25,27)/b19-14+. The van der Waals surface area contributed by atoms with Crippen LogP contribution in [0.1, 0.15) is 35.3 Å². The molecule has 2 amide bonds. The molecule has 7 heteroatoms. The third-order valence-corrected chi connectivity index (χ3v) is 4.16. The van der Waals surface area contributed by atoms with Crippen LogP contribution in [-0.2, 0) is 4.79 Å². The second-order valence-electron chi connectivity index (χ2n) is 6.38. The first-order chi connectivity index (χ1) is 14.5. The van der Waals surface area contributed by atoms with E-state index in [-0.39, 0.29) is 18.8 Å². The van der Waals surface area contributed by atoms with Gasteiger partial charge in [-0.05, 0) is 56.2 Å². The van der Waals surface area contributed by atoms with E-state index in [0.717, 1.165) is 5.56 Å². The smallest absolute Gasteiger partial charge is 0.267 e. The maximum atomic E-state index is 12.7. The molecule has 0 aliphatic heterocycles. The van der Waals surface area contributed by atoms with Crippen molar-refractivity contribution in [2.24, 2.45) is 0 Å². The van der Waals surface area contributed by atoms with E-state index in [0.29, 0.717) is 35.8 Å². The van der Waals surface area contributed by atoms with Gasteiger partial charge >= 0.3 is 0 Å². The van der Waals surface area contributed by atoms with Gasteiger partial charge < -0.3 is 25.2 Å². The largest absolute Gasteiger partial charge is 0.490 e. The molecule has 0 saturated carbocycles. The normalized spacial score (nSPS) is 11.0. The minimum Gasteiger partial charge on any atom is -0.490 e. The van der Waals surface area contributed by atoms with Crippen LogP contribution < -0.4 is 20.1 Å². The first-order valence-corrected chi connectivity index (χ1v) is 9.87. The molecule has 2 aromatic carbocycles. The summed E-state index contributed by atoms with van der Waals surface area (Å²) in [5, 5.41) is 14.3. The maximum Gasteiger partial charge on any atom is 0.267 e. The van der Waals surface area contributed by atoms with Crippen LogP contribution in [0, 0.1) is 6.92 Å².